The van der Waals surface area contributed by atoms with Gasteiger partial charge in [-0.3, -0.25) is 0 Å². The predicted octanol–water partition coefficient (Wildman–Crippen LogP) is 9.05. The summed E-state index contributed by atoms with van der Waals surface area (Å²) in [7, 11) is 0. The van der Waals surface area contributed by atoms with Gasteiger partial charge in [0.15, 0.2) is 0 Å². The smallest absolute Gasteiger partial charge is 0.0760 e. The molecule has 1 aliphatic carbocycles. The number of nitrogens with zero attached hydrogens (tertiary/aromatic N) is 1. The quantitative estimate of drug-likeness (QED) is 0.195. The standard InChI is InChI=1S/C36H26N2/c1-2-25(23-24-37)27-16-12-17-29-28-15-6-7-18-30(28)36(35(27)29)31-19-8-10-21-33(31)38(26-13-4-3-5-14-26)34-22-11-9-20-32(34)36/h2-24,37H,1H2/b25-23+,37-24?. The van der Waals surface area contributed by atoms with Crippen LogP contribution in [0.15, 0.2) is 140 Å². The zero-order valence-electron chi connectivity index (χ0n) is 20.9. The maximum Gasteiger partial charge on any atom is 0.0760 e. The summed E-state index contributed by atoms with van der Waals surface area (Å²) in [6.07, 6.45) is 5.07. The Hall–Kier alpha value is -4.95. The van der Waals surface area contributed by atoms with E-state index >= 15 is 0 Å². The van der Waals surface area contributed by atoms with Crippen molar-refractivity contribution in [3.63, 3.8) is 0 Å². The molecule has 2 nitrogen and oxygen atoms in total. The number of allylic oxidation sites excluding steroid dienone is 3. The summed E-state index contributed by atoms with van der Waals surface area (Å²) in [6, 6.07) is 43.6. The van der Waals surface area contributed by atoms with E-state index in [4.69, 9.17) is 5.41 Å². The largest absolute Gasteiger partial charge is 0.310 e. The highest BCUT2D eigenvalue weighted by molar-refractivity contribution is 5.99. The van der Waals surface area contributed by atoms with E-state index in [2.05, 4.69) is 133 Å². The van der Waals surface area contributed by atoms with Crippen molar-refractivity contribution in [1.82, 2.24) is 0 Å². The summed E-state index contributed by atoms with van der Waals surface area (Å²) in [5.74, 6) is 0. The van der Waals surface area contributed by atoms with E-state index in [0.29, 0.717) is 0 Å². The van der Waals surface area contributed by atoms with E-state index in [-0.39, 0.29) is 0 Å². The zero-order valence-corrected chi connectivity index (χ0v) is 20.9. The lowest BCUT2D eigenvalue weighted by atomic mass is 9.63. The molecule has 1 heterocycles. The molecule has 38 heavy (non-hydrogen) atoms. The van der Waals surface area contributed by atoms with E-state index in [1.807, 2.05) is 12.2 Å². The molecule has 5 aromatic carbocycles. The van der Waals surface area contributed by atoms with Gasteiger partial charge in [0, 0.05) is 11.9 Å². The second-order valence-electron chi connectivity index (χ2n) is 9.72. The molecule has 0 unspecified atom stereocenters. The molecule has 0 saturated heterocycles. The SMILES string of the molecule is C=C/C(=C\C=N)c1cccc2c1C1(c3ccccc3-2)c2ccccc2N(c2ccccc2)c2ccccc21. The average Bonchev–Trinajstić information content (AvgIpc) is 3.28. The van der Waals surface area contributed by atoms with Crippen molar-refractivity contribution in [3.8, 4) is 11.1 Å². The van der Waals surface area contributed by atoms with Crippen LogP contribution in [-0.4, -0.2) is 6.21 Å². The van der Waals surface area contributed by atoms with Crippen LogP contribution in [0.1, 0.15) is 27.8 Å². The molecule has 2 aliphatic rings. The first-order valence-corrected chi connectivity index (χ1v) is 12.9. The molecule has 0 aromatic heterocycles. The third kappa shape index (κ3) is 2.86. The van der Waals surface area contributed by atoms with Gasteiger partial charge in [-0.05, 0) is 74.9 Å². The Morgan fingerprint density at radius 1 is 0.632 bits per heavy atom. The minimum absolute atomic E-state index is 0.523. The molecular weight excluding hydrogens is 460 g/mol. The lowest BCUT2D eigenvalue weighted by molar-refractivity contribution is 0.750. The molecule has 2 heteroatoms. The molecule has 1 aliphatic heterocycles. The number of benzene rings is 5. The van der Waals surface area contributed by atoms with Gasteiger partial charge < -0.3 is 10.3 Å². The third-order valence-electron chi connectivity index (χ3n) is 7.97. The number of nitrogens with one attached hydrogen (secondary N) is 1. The van der Waals surface area contributed by atoms with Gasteiger partial charge >= 0.3 is 0 Å². The second-order valence-corrected chi connectivity index (χ2v) is 9.72. The Balaban J connectivity index is 1.69. The van der Waals surface area contributed by atoms with Crippen LogP contribution in [0.4, 0.5) is 17.1 Å². The summed E-state index contributed by atoms with van der Waals surface area (Å²) in [4.78, 5) is 2.39. The van der Waals surface area contributed by atoms with Crippen molar-refractivity contribution in [2.75, 3.05) is 4.90 Å². The third-order valence-corrected chi connectivity index (χ3v) is 7.97. The molecule has 5 aromatic rings. The van der Waals surface area contributed by atoms with Gasteiger partial charge in [-0.1, -0.05) is 110 Å². The van der Waals surface area contributed by atoms with Crippen LogP contribution in [0.3, 0.4) is 0 Å². The maximum atomic E-state index is 7.85. The molecule has 0 saturated carbocycles. The minimum atomic E-state index is -0.523. The number of fused-ring (bicyclic) bond motifs is 9. The highest BCUT2D eigenvalue weighted by Crippen LogP contribution is 2.64. The molecule has 0 atom stereocenters. The highest BCUT2D eigenvalue weighted by atomic mass is 15.2. The normalized spacial score (nSPS) is 14.3. The van der Waals surface area contributed by atoms with Crippen molar-refractivity contribution >= 4 is 28.8 Å². The van der Waals surface area contributed by atoms with Crippen molar-refractivity contribution < 1.29 is 0 Å². The van der Waals surface area contributed by atoms with Gasteiger partial charge in [-0.25, -0.2) is 0 Å². The number of hydrogen-bond donors (Lipinski definition) is 1. The van der Waals surface area contributed by atoms with Gasteiger partial charge in [0.2, 0.25) is 0 Å². The molecular formula is C36H26N2. The van der Waals surface area contributed by atoms with Crippen molar-refractivity contribution in [3.05, 3.63) is 168 Å². The Labute approximate surface area is 223 Å². The molecule has 1 spiro atoms. The van der Waals surface area contributed by atoms with Crippen molar-refractivity contribution in [1.29, 1.82) is 5.41 Å². The molecule has 1 N–H and O–H groups in total. The lowest BCUT2D eigenvalue weighted by Crippen LogP contribution is -2.36. The summed E-state index contributed by atoms with van der Waals surface area (Å²) in [6.45, 7) is 4.12. The lowest BCUT2D eigenvalue weighted by Gasteiger charge is -2.45. The fraction of sp³-hybridized carbons (Fsp3) is 0.0278. The molecule has 0 fully saturated rings. The monoisotopic (exact) mass is 486 g/mol. The van der Waals surface area contributed by atoms with E-state index in [1.165, 1.54) is 51.0 Å². The summed E-state index contributed by atoms with van der Waals surface area (Å²) < 4.78 is 0. The first-order valence-electron chi connectivity index (χ1n) is 12.9. The summed E-state index contributed by atoms with van der Waals surface area (Å²) >= 11 is 0. The van der Waals surface area contributed by atoms with Gasteiger partial charge in [0.05, 0.1) is 16.8 Å². The molecule has 180 valence electrons. The Morgan fingerprint density at radius 3 is 1.87 bits per heavy atom. The van der Waals surface area contributed by atoms with E-state index < -0.39 is 5.41 Å². The van der Waals surface area contributed by atoms with E-state index in [0.717, 1.165) is 16.8 Å². The molecule has 0 radical (unpaired) electrons. The average molecular weight is 487 g/mol. The number of rotatable bonds is 4. The topological polar surface area (TPSA) is 27.1 Å². The van der Waals surface area contributed by atoms with Crippen LogP contribution in [0.25, 0.3) is 16.7 Å². The molecule has 7 rings (SSSR count). The van der Waals surface area contributed by atoms with Crippen LogP contribution in [-0.2, 0) is 5.41 Å². The van der Waals surface area contributed by atoms with Gasteiger partial charge in [-0.15, -0.1) is 0 Å². The second kappa shape index (κ2) is 8.57. The van der Waals surface area contributed by atoms with Gasteiger partial charge in [0.25, 0.3) is 0 Å². The Morgan fingerprint density at radius 2 is 1.21 bits per heavy atom. The van der Waals surface area contributed by atoms with E-state index in [1.54, 1.807) is 0 Å². The number of anilines is 3. The first kappa shape index (κ1) is 22.3. The zero-order chi connectivity index (χ0) is 25.7. The summed E-state index contributed by atoms with van der Waals surface area (Å²) in [5, 5.41) is 7.85. The van der Waals surface area contributed by atoms with Gasteiger partial charge in [0.1, 0.15) is 0 Å². The van der Waals surface area contributed by atoms with Crippen LogP contribution >= 0.6 is 0 Å². The fourth-order valence-electron chi connectivity index (χ4n) is 6.62. The molecule has 0 bridgehead atoms. The van der Waals surface area contributed by atoms with Crippen LogP contribution in [0, 0.1) is 5.41 Å². The van der Waals surface area contributed by atoms with Crippen molar-refractivity contribution in [2.45, 2.75) is 5.41 Å². The summed E-state index contributed by atoms with van der Waals surface area (Å²) in [5.41, 5.74) is 12.5. The Bertz CT molecular complexity index is 1710. The predicted molar refractivity (Wildman–Crippen MR) is 159 cm³/mol. The van der Waals surface area contributed by atoms with Crippen LogP contribution in [0.5, 0.6) is 0 Å². The van der Waals surface area contributed by atoms with E-state index in [9.17, 15) is 0 Å². The van der Waals surface area contributed by atoms with Crippen LogP contribution in [0.2, 0.25) is 0 Å². The molecule has 0 amide bonds. The van der Waals surface area contributed by atoms with Crippen LogP contribution < -0.4 is 4.90 Å². The fourth-order valence-corrected chi connectivity index (χ4v) is 6.62. The Kier molecular flexibility index (Phi) is 5.02. The maximum absolute atomic E-state index is 7.85. The number of hydrogen-bond acceptors (Lipinski definition) is 2. The van der Waals surface area contributed by atoms with Gasteiger partial charge in [-0.2, -0.15) is 0 Å². The highest BCUT2D eigenvalue weighted by Gasteiger charge is 2.52. The first-order chi connectivity index (χ1) is 18.8. The minimum Gasteiger partial charge on any atom is -0.310 e. The number of para-hydroxylation sites is 3. The van der Waals surface area contributed by atoms with Crippen molar-refractivity contribution in [2.24, 2.45) is 0 Å².